The van der Waals surface area contributed by atoms with Crippen LogP contribution in [0, 0.1) is 6.61 Å². The first kappa shape index (κ1) is 8.88. The molecule has 1 radical (unpaired) electrons. The van der Waals surface area contributed by atoms with Crippen LogP contribution in [-0.4, -0.2) is 28.0 Å². The summed E-state index contributed by atoms with van der Waals surface area (Å²) in [5, 5.41) is 25.2. The van der Waals surface area contributed by atoms with E-state index in [2.05, 4.69) is 0 Å². The number of unbranched alkanes of at least 4 members (excludes halogenated alkanes) is 1. The Labute approximate surface area is 54.9 Å². The number of aliphatic hydroxyl groups is 3. The van der Waals surface area contributed by atoms with Crippen molar-refractivity contribution in [2.24, 2.45) is 0 Å². The summed E-state index contributed by atoms with van der Waals surface area (Å²) in [4.78, 5) is 0. The van der Waals surface area contributed by atoms with Crippen molar-refractivity contribution in [2.75, 3.05) is 6.61 Å². The first-order chi connectivity index (χ1) is 4.31. The van der Waals surface area contributed by atoms with Crippen molar-refractivity contribution in [3.05, 3.63) is 6.61 Å². The van der Waals surface area contributed by atoms with Crippen molar-refractivity contribution in [3.63, 3.8) is 0 Å². The number of aliphatic hydroxyl groups excluding tert-OH is 3. The van der Waals surface area contributed by atoms with Gasteiger partial charge in [-0.25, -0.2) is 0 Å². The Morgan fingerprint density at radius 1 is 1.33 bits per heavy atom. The first-order valence-corrected chi connectivity index (χ1v) is 3.07. The van der Waals surface area contributed by atoms with Crippen LogP contribution in [0.15, 0.2) is 0 Å². The first-order valence-electron chi connectivity index (χ1n) is 3.07. The molecule has 0 aromatic carbocycles. The van der Waals surface area contributed by atoms with Crippen LogP contribution in [0.1, 0.15) is 19.3 Å². The lowest BCUT2D eigenvalue weighted by atomic mass is 10.2. The van der Waals surface area contributed by atoms with Crippen LogP contribution in [0.5, 0.6) is 0 Å². The molecule has 0 aliphatic carbocycles. The fourth-order valence-electron chi connectivity index (χ4n) is 0.540. The van der Waals surface area contributed by atoms with E-state index >= 15 is 0 Å². The molecule has 0 aromatic heterocycles. The van der Waals surface area contributed by atoms with E-state index in [1.165, 1.54) is 0 Å². The zero-order chi connectivity index (χ0) is 7.11. The standard InChI is InChI=1S/C6H13O3/c7-4-2-1-3-6(9)5-8/h5-9H,1-4H2. The molecule has 9 heavy (non-hydrogen) atoms. The highest BCUT2D eigenvalue weighted by Crippen LogP contribution is 2.00. The molecule has 1 unspecified atom stereocenters. The third-order valence-electron chi connectivity index (χ3n) is 1.08. The van der Waals surface area contributed by atoms with Crippen LogP contribution < -0.4 is 0 Å². The van der Waals surface area contributed by atoms with Gasteiger partial charge in [-0.3, -0.25) is 0 Å². The van der Waals surface area contributed by atoms with Gasteiger partial charge in [0.2, 0.25) is 0 Å². The Hall–Kier alpha value is -0.120. The van der Waals surface area contributed by atoms with Crippen LogP contribution >= 0.6 is 0 Å². The maximum absolute atomic E-state index is 8.70. The lowest BCUT2D eigenvalue weighted by Crippen LogP contribution is -2.06. The minimum absolute atomic E-state index is 0.151. The average molecular weight is 133 g/mol. The summed E-state index contributed by atoms with van der Waals surface area (Å²) in [5.41, 5.74) is 0. The minimum atomic E-state index is -0.725. The molecule has 0 heterocycles. The maximum atomic E-state index is 8.70. The molecule has 0 fully saturated rings. The van der Waals surface area contributed by atoms with Gasteiger partial charge in [0, 0.05) is 6.61 Å². The van der Waals surface area contributed by atoms with E-state index in [-0.39, 0.29) is 6.61 Å². The van der Waals surface area contributed by atoms with Crippen LogP contribution in [0.3, 0.4) is 0 Å². The Morgan fingerprint density at radius 3 is 2.44 bits per heavy atom. The third-order valence-corrected chi connectivity index (χ3v) is 1.08. The number of hydrogen-bond acceptors (Lipinski definition) is 3. The fourth-order valence-corrected chi connectivity index (χ4v) is 0.540. The van der Waals surface area contributed by atoms with Gasteiger partial charge in [-0.15, -0.1) is 0 Å². The van der Waals surface area contributed by atoms with E-state index in [1.807, 2.05) is 0 Å². The van der Waals surface area contributed by atoms with Gasteiger partial charge in [0.15, 0.2) is 0 Å². The summed E-state index contributed by atoms with van der Waals surface area (Å²) in [7, 11) is 0. The van der Waals surface area contributed by atoms with E-state index in [4.69, 9.17) is 15.3 Å². The van der Waals surface area contributed by atoms with Gasteiger partial charge in [-0.2, -0.15) is 0 Å². The monoisotopic (exact) mass is 133 g/mol. The van der Waals surface area contributed by atoms with E-state index in [0.29, 0.717) is 12.8 Å². The summed E-state index contributed by atoms with van der Waals surface area (Å²) in [6.45, 7) is 0.912. The summed E-state index contributed by atoms with van der Waals surface area (Å²) in [6, 6.07) is 0. The summed E-state index contributed by atoms with van der Waals surface area (Å²) in [5.74, 6) is 0. The highest BCUT2D eigenvalue weighted by molar-refractivity contribution is 4.61. The minimum Gasteiger partial charge on any atom is -0.396 e. The van der Waals surface area contributed by atoms with Crippen LogP contribution in [0.4, 0.5) is 0 Å². The Bertz CT molecular complexity index is 56.3. The van der Waals surface area contributed by atoms with E-state index in [0.717, 1.165) is 13.0 Å². The van der Waals surface area contributed by atoms with Gasteiger partial charge in [0.05, 0.1) is 6.10 Å². The maximum Gasteiger partial charge on any atom is 0.108 e. The largest absolute Gasteiger partial charge is 0.396 e. The Kier molecular flexibility index (Phi) is 5.93. The fraction of sp³-hybridized carbons (Fsp3) is 0.833. The molecule has 0 saturated carbocycles. The van der Waals surface area contributed by atoms with Crippen molar-refractivity contribution in [1.82, 2.24) is 0 Å². The molecule has 0 aliphatic rings. The highest BCUT2D eigenvalue weighted by Gasteiger charge is 1.99. The zero-order valence-electron chi connectivity index (χ0n) is 5.32. The summed E-state index contributed by atoms with van der Waals surface area (Å²) in [6.07, 6.45) is 1.23. The quantitative estimate of drug-likeness (QED) is 0.464. The molecule has 3 heteroatoms. The van der Waals surface area contributed by atoms with Crippen molar-refractivity contribution in [1.29, 1.82) is 0 Å². The molecule has 0 bridgehead atoms. The molecule has 3 nitrogen and oxygen atoms in total. The predicted octanol–water partition coefficient (Wildman–Crippen LogP) is 0.0442. The van der Waals surface area contributed by atoms with Gasteiger partial charge < -0.3 is 15.3 Å². The second-order valence-corrected chi connectivity index (χ2v) is 1.94. The second-order valence-electron chi connectivity index (χ2n) is 1.94. The van der Waals surface area contributed by atoms with Crippen molar-refractivity contribution < 1.29 is 15.3 Å². The summed E-state index contributed by atoms with van der Waals surface area (Å²) >= 11 is 0. The van der Waals surface area contributed by atoms with Gasteiger partial charge in [-0.1, -0.05) is 0 Å². The molecule has 0 spiro atoms. The average Bonchev–Trinajstić information content (AvgIpc) is 1.89. The third kappa shape index (κ3) is 5.76. The van der Waals surface area contributed by atoms with Gasteiger partial charge in [0.25, 0.3) is 0 Å². The van der Waals surface area contributed by atoms with E-state index in [9.17, 15) is 0 Å². The van der Waals surface area contributed by atoms with Gasteiger partial charge in [0.1, 0.15) is 6.61 Å². The number of hydrogen-bond donors (Lipinski definition) is 3. The smallest absolute Gasteiger partial charge is 0.108 e. The van der Waals surface area contributed by atoms with Crippen LogP contribution in [0.2, 0.25) is 0 Å². The van der Waals surface area contributed by atoms with Crippen molar-refractivity contribution in [2.45, 2.75) is 25.4 Å². The molecule has 0 saturated heterocycles. The van der Waals surface area contributed by atoms with Crippen LogP contribution in [-0.2, 0) is 0 Å². The Balaban J connectivity index is 2.88. The van der Waals surface area contributed by atoms with Crippen molar-refractivity contribution in [3.8, 4) is 0 Å². The number of rotatable bonds is 5. The van der Waals surface area contributed by atoms with Crippen molar-refractivity contribution >= 4 is 0 Å². The zero-order valence-corrected chi connectivity index (χ0v) is 5.32. The molecule has 0 amide bonds. The molecular formula is C6H13O3. The van der Waals surface area contributed by atoms with Gasteiger partial charge >= 0.3 is 0 Å². The molecule has 1 atom stereocenters. The van der Waals surface area contributed by atoms with E-state index < -0.39 is 6.10 Å². The Morgan fingerprint density at radius 2 is 2.00 bits per heavy atom. The summed E-state index contributed by atoms with van der Waals surface area (Å²) < 4.78 is 0. The second kappa shape index (κ2) is 6.01. The topological polar surface area (TPSA) is 60.7 Å². The SMILES string of the molecule is O[CH]C(O)CCCCO. The highest BCUT2D eigenvalue weighted by atomic mass is 16.3. The lowest BCUT2D eigenvalue weighted by Gasteiger charge is -2.03. The van der Waals surface area contributed by atoms with Crippen LogP contribution in [0.25, 0.3) is 0 Å². The van der Waals surface area contributed by atoms with E-state index in [1.54, 1.807) is 0 Å². The molecule has 0 rings (SSSR count). The lowest BCUT2D eigenvalue weighted by molar-refractivity contribution is 0.131. The normalized spacial score (nSPS) is 13.7. The molecule has 0 aliphatic heterocycles. The molecule has 3 N–H and O–H groups in total. The molecule has 55 valence electrons. The molecular weight excluding hydrogens is 120 g/mol. The molecule has 0 aromatic rings. The van der Waals surface area contributed by atoms with Gasteiger partial charge in [-0.05, 0) is 19.3 Å². The predicted molar refractivity (Wildman–Crippen MR) is 33.2 cm³/mol.